The summed E-state index contributed by atoms with van der Waals surface area (Å²) in [5.74, 6) is 2.16. The van der Waals surface area contributed by atoms with Crippen LogP contribution in [-0.4, -0.2) is 20.8 Å². The molecule has 90 valence electrons. The molecule has 0 radical (unpaired) electrons. The van der Waals surface area contributed by atoms with Gasteiger partial charge in [0, 0.05) is 5.56 Å². The molecule has 0 amide bonds. The summed E-state index contributed by atoms with van der Waals surface area (Å²) >= 11 is 0. The molecule has 16 heavy (non-hydrogen) atoms. The average molecular weight is 223 g/mol. The van der Waals surface area contributed by atoms with Gasteiger partial charge in [-0.1, -0.05) is 19.9 Å². The van der Waals surface area contributed by atoms with Crippen LogP contribution in [0.3, 0.4) is 0 Å². The normalized spacial score (nSPS) is 10.6. The molecule has 1 aromatic rings. The highest BCUT2D eigenvalue weighted by atomic mass is 16.5. The SMILES string of the molecule is COc1ccc(CCN)c(OC)c1C(C)C. The molecule has 0 heterocycles. The van der Waals surface area contributed by atoms with Crippen molar-refractivity contribution in [2.45, 2.75) is 26.2 Å². The topological polar surface area (TPSA) is 44.5 Å². The van der Waals surface area contributed by atoms with E-state index in [1.807, 2.05) is 12.1 Å². The number of benzene rings is 1. The van der Waals surface area contributed by atoms with Crippen LogP contribution < -0.4 is 15.2 Å². The first-order chi connectivity index (χ1) is 7.65. The van der Waals surface area contributed by atoms with Gasteiger partial charge < -0.3 is 15.2 Å². The van der Waals surface area contributed by atoms with Crippen molar-refractivity contribution >= 4 is 0 Å². The van der Waals surface area contributed by atoms with Crippen LogP contribution in [0.5, 0.6) is 11.5 Å². The Kier molecular flexibility index (Phi) is 4.62. The maximum Gasteiger partial charge on any atom is 0.129 e. The molecule has 3 heteroatoms. The predicted molar refractivity (Wildman–Crippen MR) is 66.4 cm³/mol. The second-order valence-corrected chi connectivity index (χ2v) is 4.07. The average Bonchev–Trinajstić information content (AvgIpc) is 2.28. The van der Waals surface area contributed by atoms with Gasteiger partial charge in [-0.15, -0.1) is 0 Å². The zero-order valence-electron chi connectivity index (χ0n) is 10.5. The van der Waals surface area contributed by atoms with Crippen LogP contribution >= 0.6 is 0 Å². The molecule has 1 aromatic carbocycles. The summed E-state index contributed by atoms with van der Waals surface area (Å²) in [6, 6.07) is 4.01. The van der Waals surface area contributed by atoms with Crippen molar-refractivity contribution in [1.82, 2.24) is 0 Å². The zero-order chi connectivity index (χ0) is 12.1. The van der Waals surface area contributed by atoms with Crippen LogP contribution in [0.2, 0.25) is 0 Å². The fourth-order valence-corrected chi connectivity index (χ4v) is 1.94. The number of hydrogen-bond donors (Lipinski definition) is 1. The Hall–Kier alpha value is -1.22. The first-order valence-electron chi connectivity index (χ1n) is 5.59. The largest absolute Gasteiger partial charge is 0.496 e. The molecule has 0 aromatic heterocycles. The van der Waals surface area contributed by atoms with Gasteiger partial charge in [-0.05, 0) is 30.5 Å². The van der Waals surface area contributed by atoms with Gasteiger partial charge in [-0.25, -0.2) is 0 Å². The van der Waals surface area contributed by atoms with Crippen molar-refractivity contribution in [1.29, 1.82) is 0 Å². The molecule has 0 atom stereocenters. The Balaban J connectivity index is 3.31. The molecule has 0 bridgehead atoms. The van der Waals surface area contributed by atoms with E-state index in [1.54, 1.807) is 14.2 Å². The summed E-state index contributed by atoms with van der Waals surface area (Å²) in [5.41, 5.74) is 7.86. The van der Waals surface area contributed by atoms with E-state index in [2.05, 4.69) is 13.8 Å². The van der Waals surface area contributed by atoms with Gasteiger partial charge >= 0.3 is 0 Å². The van der Waals surface area contributed by atoms with Crippen molar-refractivity contribution in [2.75, 3.05) is 20.8 Å². The summed E-state index contributed by atoms with van der Waals surface area (Å²) < 4.78 is 10.9. The van der Waals surface area contributed by atoms with E-state index in [9.17, 15) is 0 Å². The Labute approximate surface area is 97.6 Å². The van der Waals surface area contributed by atoms with Gasteiger partial charge in [-0.2, -0.15) is 0 Å². The lowest BCUT2D eigenvalue weighted by molar-refractivity contribution is 0.378. The van der Waals surface area contributed by atoms with E-state index < -0.39 is 0 Å². The lowest BCUT2D eigenvalue weighted by Gasteiger charge is -2.19. The Bertz CT molecular complexity index is 348. The third-order valence-corrected chi connectivity index (χ3v) is 2.65. The molecule has 3 nitrogen and oxygen atoms in total. The molecule has 0 saturated carbocycles. The third-order valence-electron chi connectivity index (χ3n) is 2.65. The van der Waals surface area contributed by atoms with Crippen LogP contribution in [0.25, 0.3) is 0 Å². The fourth-order valence-electron chi connectivity index (χ4n) is 1.94. The predicted octanol–water partition coefficient (Wildman–Crippen LogP) is 2.33. The van der Waals surface area contributed by atoms with E-state index in [0.29, 0.717) is 12.5 Å². The highest BCUT2D eigenvalue weighted by Gasteiger charge is 2.17. The van der Waals surface area contributed by atoms with E-state index in [0.717, 1.165) is 29.0 Å². The minimum atomic E-state index is 0.364. The molecule has 0 saturated heterocycles. The number of methoxy groups -OCH3 is 2. The molecule has 0 aliphatic heterocycles. The van der Waals surface area contributed by atoms with Gasteiger partial charge in [0.25, 0.3) is 0 Å². The summed E-state index contributed by atoms with van der Waals surface area (Å²) in [5, 5.41) is 0. The van der Waals surface area contributed by atoms with Gasteiger partial charge in [-0.3, -0.25) is 0 Å². The second-order valence-electron chi connectivity index (χ2n) is 4.07. The summed E-state index contributed by atoms with van der Waals surface area (Å²) in [4.78, 5) is 0. The first-order valence-corrected chi connectivity index (χ1v) is 5.59. The molecule has 0 fully saturated rings. The molecule has 0 aliphatic carbocycles. The van der Waals surface area contributed by atoms with E-state index in [1.165, 1.54) is 0 Å². The van der Waals surface area contributed by atoms with Crippen molar-refractivity contribution in [3.63, 3.8) is 0 Å². The monoisotopic (exact) mass is 223 g/mol. The zero-order valence-corrected chi connectivity index (χ0v) is 10.5. The van der Waals surface area contributed by atoms with Crippen molar-refractivity contribution in [3.8, 4) is 11.5 Å². The highest BCUT2D eigenvalue weighted by Crippen LogP contribution is 2.37. The Morgan fingerprint density at radius 2 is 1.88 bits per heavy atom. The van der Waals surface area contributed by atoms with Gasteiger partial charge in [0.15, 0.2) is 0 Å². The summed E-state index contributed by atoms with van der Waals surface area (Å²) in [6.07, 6.45) is 0.826. The summed E-state index contributed by atoms with van der Waals surface area (Å²) in [7, 11) is 3.38. The highest BCUT2D eigenvalue weighted by molar-refractivity contribution is 5.52. The van der Waals surface area contributed by atoms with Crippen LogP contribution in [-0.2, 0) is 6.42 Å². The minimum Gasteiger partial charge on any atom is -0.496 e. The molecule has 1 rings (SSSR count). The molecule has 2 N–H and O–H groups in total. The lowest BCUT2D eigenvalue weighted by atomic mass is 9.96. The maximum atomic E-state index is 5.59. The van der Waals surface area contributed by atoms with Crippen molar-refractivity contribution in [2.24, 2.45) is 5.73 Å². The number of rotatable bonds is 5. The molecule has 0 aliphatic rings. The van der Waals surface area contributed by atoms with E-state index >= 15 is 0 Å². The van der Waals surface area contributed by atoms with Gasteiger partial charge in [0.05, 0.1) is 14.2 Å². The number of nitrogens with two attached hydrogens (primary N) is 1. The lowest BCUT2D eigenvalue weighted by Crippen LogP contribution is -2.07. The van der Waals surface area contributed by atoms with Crippen molar-refractivity contribution < 1.29 is 9.47 Å². The van der Waals surface area contributed by atoms with E-state index in [-0.39, 0.29) is 0 Å². The minimum absolute atomic E-state index is 0.364. The van der Waals surface area contributed by atoms with Crippen molar-refractivity contribution in [3.05, 3.63) is 23.3 Å². The van der Waals surface area contributed by atoms with Crippen LogP contribution in [0.1, 0.15) is 30.9 Å². The number of ether oxygens (including phenoxy) is 2. The van der Waals surface area contributed by atoms with Crippen LogP contribution in [0.4, 0.5) is 0 Å². The maximum absolute atomic E-state index is 5.59. The Morgan fingerprint density at radius 3 is 2.31 bits per heavy atom. The second kappa shape index (κ2) is 5.75. The molecular weight excluding hydrogens is 202 g/mol. The van der Waals surface area contributed by atoms with Gasteiger partial charge in [0.2, 0.25) is 0 Å². The standard InChI is InChI=1S/C13H21NO2/c1-9(2)12-11(15-3)6-5-10(7-8-14)13(12)16-4/h5-6,9H,7-8,14H2,1-4H3. The summed E-state index contributed by atoms with van der Waals surface area (Å²) in [6.45, 7) is 4.89. The number of hydrogen-bond acceptors (Lipinski definition) is 3. The van der Waals surface area contributed by atoms with E-state index in [4.69, 9.17) is 15.2 Å². The third kappa shape index (κ3) is 2.47. The fraction of sp³-hybridized carbons (Fsp3) is 0.538. The van der Waals surface area contributed by atoms with Gasteiger partial charge in [0.1, 0.15) is 11.5 Å². The van der Waals surface area contributed by atoms with Crippen LogP contribution in [0, 0.1) is 0 Å². The molecular formula is C13H21NO2. The molecule has 0 unspecified atom stereocenters. The van der Waals surface area contributed by atoms with Crippen LogP contribution in [0.15, 0.2) is 12.1 Å². The first kappa shape index (κ1) is 12.8. The quantitative estimate of drug-likeness (QED) is 0.833. The smallest absolute Gasteiger partial charge is 0.129 e. The molecule has 0 spiro atoms. The Morgan fingerprint density at radius 1 is 1.19 bits per heavy atom.